The number of nitrogens with zero attached hydrogens (tertiary/aromatic N) is 2. The highest BCUT2D eigenvalue weighted by Gasteiger charge is 2.22. The van der Waals surface area contributed by atoms with Crippen LogP contribution in [0.4, 0.5) is 0 Å². The van der Waals surface area contributed by atoms with Crippen molar-refractivity contribution in [3.05, 3.63) is 77.9 Å². The molecule has 1 unspecified atom stereocenters. The number of aryl methyl sites for hydroxylation is 1. The van der Waals surface area contributed by atoms with Gasteiger partial charge in [0.1, 0.15) is 11.9 Å². The van der Waals surface area contributed by atoms with E-state index in [9.17, 15) is 4.79 Å². The molecule has 0 aliphatic carbocycles. The summed E-state index contributed by atoms with van der Waals surface area (Å²) in [5.74, 6) is 1.68. The number of ether oxygens (including phenoxy) is 2. The zero-order chi connectivity index (χ0) is 19.2. The first kappa shape index (κ1) is 18.5. The van der Waals surface area contributed by atoms with E-state index in [1.54, 1.807) is 31.5 Å². The van der Waals surface area contributed by atoms with E-state index >= 15 is 0 Å². The van der Waals surface area contributed by atoms with Gasteiger partial charge in [-0.3, -0.25) is 4.79 Å². The van der Waals surface area contributed by atoms with Crippen molar-refractivity contribution in [1.29, 1.82) is 0 Å². The minimum Gasteiger partial charge on any atom is -0.493 e. The van der Waals surface area contributed by atoms with Crippen LogP contribution in [-0.4, -0.2) is 29.2 Å². The summed E-state index contributed by atoms with van der Waals surface area (Å²) >= 11 is 0. The molecule has 6 nitrogen and oxygen atoms in total. The molecule has 0 saturated heterocycles. The average molecular weight is 365 g/mol. The highest BCUT2D eigenvalue weighted by Crippen LogP contribution is 2.28. The van der Waals surface area contributed by atoms with Gasteiger partial charge in [0.05, 0.1) is 13.7 Å². The van der Waals surface area contributed by atoms with E-state index in [4.69, 9.17) is 9.47 Å². The molecule has 3 rings (SSSR count). The predicted octanol–water partition coefficient (Wildman–Crippen LogP) is 3.35. The van der Waals surface area contributed by atoms with Gasteiger partial charge < -0.3 is 19.4 Å². The van der Waals surface area contributed by atoms with Crippen molar-refractivity contribution in [2.24, 2.45) is 7.05 Å². The van der Waals surface area contributed by atoms with E-state index in [1.807, 2.05) is 55.1 Å². The predicted molar refractivity (Wildman–Crippen MR) is 103 cm³/mol. The Kier molecular flexibility index (Phi) is 5.76. The van der Waals surface area contributed by atoms with Crippen molar-refractivity contribution in [2.45, 2.75) is 13.0 Å². The van der Waals surface area contributed by atoms with Crippen LogP contribution in [0.25, 0.3) is 0 Å². The number of methoxy groups -OCH3 is 1. The van der Waals surface area contributed by atoms with Crippen molar-refractivity contribution in [2.75, 3.05) is 13.7 Å². The van der Waals surface area contributed by atoms with Crippen LogP contribution in [0.1, 0.15) is 34.7 Å². The second-order valence-electron chi connectivity index (χ2n) is 6.01. The van der Waals surface area contributed by atoms with Crippen molar-refractivity contribution in [3.63, 3.8) is 0 Å². The molecule has 140 valence electrons. The molecule has 1 heterocycles. The third-order valence-corrected chi connectivity index (χ3v) is 4.25. The summed E-state index contributed by atoms with van der Waals surface area (Å²) in [7, 11) is 3.46. The number of rotatable bonds is 7. The number of carbonyl (C=O) groups excluding carboxylic acids is 1. The van der Waals surface area contributed by atoms with Crippen molar-refractivity contribution in [1.82, 2.24) is 14.9 Å². The molecule has 1 aromatic heterocycles. The first-order valence-electron chi connectivity index (χ1n) is 8.78. The lowest BCUT2D eigenvalue weighted by atomic mass is 10.1. The Morgan fingerprint density at radius 1 is 1.19 bits per heavy atom. The lowest BCUT2D eigenvalue weighted by molar-refractivity contribution is 0.0940. The number of nitrogens with one attached hydrogen (secondary N) is 1. The highest BCUT2D eigenvalue weighted by atomic mass is 16.5. The molecule has 2 aromatic carbocycles. The Hall–Kier alpha value is -3.28. The van der Waals surface area contributed by atoms with Gasteiger partial charge >= 0.3 is 0 Å². The molecule has 1 amide bonds. The lowest BCUT2D eigenvalue weighted by Crippen LogP contribution is -2.31. The molecule has 0 saturated carbocycles. The Morgan fingerprint density at radius 2 is 1.96 bits per heavy atom. The Morgan fingerprint density at radius 3 is 2.59 bits per heavy atom. The quantitative estimate of drug-likeness (QED) is 0.697. The fraction of sp³-hybridized carbons (Fsp3) is 0.238. The second-order valence-corrected chi connectivity index (χ2v) is 6.01. The molecule has 0 spiro atoms. The first-order valence-corrected chi connectivity index (χ1v) is 8.78. The van der Waals surface area contributed by atoms with Gasteiger partial charge in [-0.05, 0) is 30.7 Å². The van der Waals surface area contributed by atoms with Crippen LogP contribution in [-0.2, 0) is 7.05 Å². The standard InChI is InChI=1S/C21H23N3O3/c1-4-27-17-11-10-16(14-18(17)26-3)21(25)23-19(15-8-6-5-7-9-15)20-22-12-13-24(20)2/h5-14,19H,4H2,1-3H3,(H,23,25). The van der Waals surface area contributed by atoms with Gasteiger partial charge in [-0.25, -0.2) is 4.98 Å². The molecular formula is C21H23N3O3. The number of amides is 1. The summed E-state index contributed by atoms with van der Waals surface area (Å²) in [4.78, 5) is 17.3. The maximum Gasteiger partial charge on any atom is 0.252 e. The molecule has 1 atom stereocenters. The fourth-order valence-electron chi connectivity index (χ4n) is 2.90. The van der Waals surface area contributed by atoms with E-state index in [2.05, 4.69) is 10.3 Å². The maximum atomic E-state index is 12.9. The smallest absolute Gasteiger partial charge is 0.252 e. The largest absolute Gasteiger partial charge is 0.493 e. The minimum absolute atomic E-state index is 0.215. The van der Waals surface area contributed by atoms with Gasteiger partial charge in [0.15, 0.2) is 11.5 Å². The van der Waals surface area contributed by atoms with Gasteiger partial charge in [0, 0.05) is 25.0 Å². The Balaban J connectivity index is 1.90. The monoisotopic (exact) mass is 365 g/mol. The summed E-state index contributed by atoms with van der Waals surface area (Å²) in [6.07, 6.45) is 3.58. The topological polar surface area (TPSA) is 65.4 Å². The SMILES string of the molecule is CCOc1ccc(C(=O)NC(c2ccccc2)c2nccn2C)cc1OC. The van der Waals surface area contributed by atoms with Crippen LogP contribution in [0.5, 0.6) is 11.5 Å². The van der Waals surface area contributed by atoms with Gasteiger partial charge in [0.25, 0.3) is 5.91 Å². The number of benzene rings is 2. The molecule has 27 heavy (non-hydrogen) atoms. The molecule has 0 aliphatic heterocycles. The lowest BCUT2D eigenvalue weighted by Gasteiger charge is -2.19. The summed E-state index contributed by atoms with van der Waals surface area (Å²) in [5, 5.41) is 3.08. The van der Waals surface area contributed by atoms with Gasteiger partial charge in [-0.2, -0.15) is 0 Å². The van der Waals surface area contributed by atoms with Crippen LogP contribution in [0.15, 0.2) is 60.9 Å². The molecule has 0 bridgehead atoms. The third kappa shape index (κ3) is 4.11. The summed E-state index contributed by atoms with van der Waals surface area (Å²) in [5.41, 5.74) is 1.45. The maximum absolute atomic E-state index is 12.9. The summed E-state index contributed by atoms with van der Waals surface area (Å²) < 4.78 is 12.8. The van der Waals surface area contributed by atoms with Gasteiger partial charge in [-0.15, -0.1) is 0 Å². The number of carbonyl (C=O) groups is 1. The van der Waals surface area contributed by atoms with E-state index in [-0.39, 0.29) is 11.9 Å². The van der Waals surface area contributed by atoms with Gasteiger partial charge in [0.2, 0.25) is 0 Å². The average Bonchev–Trinajstić information content (AvgIpc) is 3.12. The summed E-state index contributed by atoms with van der Waals surface area (Å²) in [6.45, 7) is 2.43. The number of hydrogen-bond donors (Lipinski definition) is 1. The van der Waals surface area contributed by atoms with Crippen molar-refractivity contribution in [3.8, 4) is 11.5 Å². The molecule has 0 radical (unpaired) electrons. The summed E-state index contributed by atoms with van der Waals surface area (Å²) in [6, 6.07) is 14.6. The number of imidazole rings is 1. The van der Waals surface area contributed by atoms with Crippen LogP contribution >= 0.6 is 0 Å². The van der Waals surface area contributed by atoms with Gasteiger partial charge in [-0.1, -0.05) is 30.3 Å². The van der Waals surface area contributed by atoms with Crippen molar-refractivity contribution < 1.29 is 14.3 Å². The van der Waals surface area contributed by atoms with Crippen LogP contribution in [0.3, 0.4) is 0 Å². The van der Waals surface area contributed by atoms with Crippen LogP contribution in [0.2, 0.25) is 0 Å². The van der Waals surface area contributed by atoms with Crippen molar-refractivity contribution >= 4 is 5.91 Å². The first-order chi connectivity index (χ1) is 13.1. The second kappa shape index (κ2) is 8.40. The molecule has 0 fully saturated rings. The van der Waals surface area contributed by atoms with E-state index < -0.39 is 0 Å². The third-order valence-electron chi connectivity index (χ3n) is 4.25. The molecule has 0 aliphatic rings. The highest BCUT2D eigenvalue weighted by molar-refractivity contribution is 5.95. The molecule has 1 N–H and O–H groups in total. The van der Waals surface area contributed by atoms with Crippen LogP contribution in [0, 0.1) is 0 Å². The van der Waals surface area contributed by atoms with E-state index in [0.29, 0.717) is 23.7 Å². The molecule has 6 heteroatoms. The normalized spacial score (nSPS) is 11.7. The molecular weight excluding hydrogens is 342 g/mol. The Bertz CT molecular complexity index is 906. The van der Waals surface area contributed by atoms with E-state index in [0.717, 1.165) is 11.4 Å². The minimum atomic E-state index is -0.365. The zero-order valence-electron chi connectivity index (χ0n) is 15.7. The van der Waals surface area contributed by atoms with E-state index in [1.165, 1.54) is 0 Å². The fourth-order valence-corrected chi connectivity index (χ4v) is 2.90. The zero-order valence-corrected chi connectivity index (χ0v) is 15.7. The molecule has 3 aromatic rings. The Labute approximate surface area is 158 Å². The van der Waals surface area contributed by atoms with Crippen LogP contribution < -0.4 is 14.8 Å². The number of hydrogen-bond acceptors (Lipinski definition) is 4. The number of aromatic nitrogens is 2.